The Kier molecular flexibility index (Phi) is 5.78. The van der Waals surface area contributed by atoms with Crippen LogP contribution in [0.1, 0.15) is 11.1 Å². The van der Waals surface area contributed by atoms with E-state index in [-0.39, 0.29) is 11.5 Å². The summed E-state index contributed by atoms with van der Waals surface area (Å²) < 4.78 is 39.1. The fraction of sp³-hybridized carbons (Fsp3) is 0.0435. The van der Waals surface area contributed by atoms with E-state index in [0.29, 0.717) is 27.8 Å². The highest BCUT2D eigenvalue weighted by Gasteiger charge is 2.30. The molecule has 0 atom stereocenters. The summed E-state index contributed by atoms with van der Waals surface area (Å²) in [4.78, 5) is 20.7. The van der Waals surface area contributed by atoms with E-state index in [2.05, 4.69) is 25.9 Å². The number of nitrogens with zero attached hydrogens (tertiary/aromatic N) is 3. The Morgan fingerprint density at radius 2 is 1.61 bits per heavy atom. The van der Waals surface area contributed by atoms with Crippen molar-refractivity contribution in [2.45, 2.75) is 6.18 Å². The van der Waals surface area contributed by atoms with Gasteiger partial charge in [-0.1, -0.05) is 12.1 Å². The van der Waals surface area contributed by atoms with Gasteiger partial charge in [0.05, 0.1) is 22.7 Å². The van der Waals surface area contributed by atoms with Crippen molar-refractivity contribution in [2.24, 2.45) is 0 Å². The maximum Gasteiger partial charge on any atom is 0.416 e. The number of alkyl halides is 3. The van der Waals surface area contributed by atoms with E-state index in [0.717, 1.165) is 12.1 Å². The van der Waals surface area contributed by atoms with Gasteiger partial charge in [-0.25, -0.2) is 14.8 Å². The lowest BCUT2D eigenvalue weighted by atomic mass is 10.1. The molecule has 33 heavy (non-hydrogen) atoms. The maximum absolute atomic E-state index is 13.0. The zero-order valence-electron chi connectivity index (χ0n) is 16.8. The molecular formula is C23H15F3N6O. The predicted molar refractivity (Wildman–Crippen MR) is 118 cm³/mol. The number of amides is 2. The number of aromatic nitrogens is 2. The first-order valence-electron chi connectivity index (χ1n) is 9.59. The monoisotopic (exact) mass is 448 g/mol. The molecule has 0 fully saturated rings. The Morgan fingerprint density at radius 3 is 2.36 bits per heavy atom. The maximum atomic E-state index is 13.0. The fourth-order valence-electron chi connectivity index (χ4n) is 3.10. The minimum atomic E-state index is -4.47. The van der Waals surface area contributed by atoms with Crippen molar-refractivity contribution in [1.82, 2.24) is 9.97 Å². The molecule has 2 amide bonds. The van der Waals surface area contributed by atoms with Crippen LogP contribution in [0.5, 0.6) is 0 Å². The van der Waals surface area contributed by atoms with Crippen LogP contribution in [0, 0.1) is 11.3 Å². The van der Waals surface area contributed by atoms with E-state index in [4.69, 9.17) is 5.26 Å². The van der Waals surface area contributed by atoms with Gasteiger partial charge in [0.2, 0.25) is 0 Å². The zero-order chi connectivity index (χ0) is 23.4. The summed E-state index contributed by atoms with van der Waals surface area (Å²) in [7, 11) is 0. The lowest BCUT2D eigenvalue weighted by Crippen LogP contribution is -2.19. The Morgan fingerprint density at radius 1 is 0.879 bits per heavy atom. The molecule has 10 heteroatoms. The molecule has 1 aromatic heterocycles. The van der Waals surface area contributed by atoms with Gasteiger partial charge in [-0.15, -0.1) is 0 Å². The summed E-state index contributed by atoms with van der Waals surface area (Å²) in [5, 5.41) is 17.7. The van der Waals surface area contributed by atoms with Gasteiger partial charge in [-0.2, -0.15) is 18.4 Å². The van der Waals surface area contributed by atoms with Crippen LogP contribution < -0.4 is 16.0 Å². The van der Waals surface area contributed by atoms with Gasteiger partial charge in [-0.3, -0.25) is 0 Å². The van der Waals surface area contributed by atoms with Gasteiger partial charge in [0.15, 0.2) is 0 Å². The summed E-state index contributed by atoms with van der Waals surface area (Å²) in [5.41, 5.74) is 1.22. The molecule has 0 aliphatic carbocycles. The van der Waals surface area contributed by atoms with E-state index in [1.54, 1.807) is 36.4 Å². The molecule has 0 radical (unpaired) electrons. The highest BCUT2D eigenvalue weighted by molar-refractivity contribution is 6.02. The second-order valence-electron chi connectivity index (χ2n) is 6.93. The topological polar surface area (TPSA) is 103 Å². The van der Waals surface area contributed by atoms with Crippen LogP contribution in [0.15, 0.2) is 73.1 Å². The fourth-order valence-corrected chi connectivity index (χ4v) is 3.10. The van der Waals surface area contributed by atoms with Crippen molar-refractivity contribution in [3.05, 3.63) is 84.2 Å². The van der Waals surface area contributed by atoms with Crippen LogP contribution in [0.25, 0.3) is 10.9 Å². The van der Waals surface area contributed by atoms with Crippen molar-refractivity contribution in [1.29, 1.82) is 5.26 Å². The Balaban J connectivity index is 1.57. The predicted octanol–water partition coefficient (Wildman–Crippen LogP) is 5.91. The third kappa shape index (κ3) is 5.16. The molecule has 0 aliphatic rings. The first-order valence-corrected chi connectivity index (χ1v) is 9.59. The third-order valence-electron chi connectivity index (χ3n) is 4.60. The summed E-state index contributed by atoms with van der Waals surface area (Å²) in [5.74, 6) is 0.283. The molecule has 0 saturated heterocycles. The van der Waals surface area contributed by atoms with Crippen LogP contribution in [-0.4, -0.2) is 16.0 Å². The van der Waals surface area contributed by atoms with Gasteiger partial charge in [0.1, 0.15) is 12.1 Å². The number of anilines is 4. The van der Waals surface area contributed by atoms with Crippen LogP contribution in [0.2, 0.25) is 0 Å². The average molecular weight is 448 g/mol. The van der Waals surface area contributed by atoms with Crippen molar-refractivity contribution < 1.29 is 18.0 Å². The van der Waals surface area contributed by atoms with E-state index < -0.39 is 17.8 Å². The molecular weight excluding hydrogens is 433 g/mol. The highest BCUT2D eigenvalue weighted by atomic mass is 19.4. The minimum absolute atomic E-state index is 0.207. The largest absolute Gasteiger partial charge is 0.416 e. The lowest BCUT2D eigenvalue weighted by Gasteiger charge is -2.12. The molecule has 0 spiro atoms. The number of rotatable bonds is 4. The summed E-state index contributed by atoms with van der Waals surface area (Å²) >= 11 is 0. The normalized spacial score (nSPS) is 11.0. The van der Waals surface area contributed by atoms with Crippen LogP contribution in [0.4, 0.5) is 40.8 Å². The Bertz CT molecular complexity index is 1380. The third-order valence-corrected chi connectivity index (χ3v) is 4.60. The molecule has 4 rings (SSSR count). The molecule has 7 nitrogen and oxygen atoms in total. The van der Waals surface area contributed by atoms with E-state index in [1.807, 2.05) is 6.07 Å². The molecule has 3 N–H and O–H groups in total. The molecule has 0 aliphatic heterocycles. The number of nitriles is 1. The number of carbonyl (C=O) groups is 1. The SMILES string of the molecule is N#Cc1cccc(NC(=O)Nc2ccc3ncnc(Nc4cccc(C(F)(F)F)c4)c3c2)c1. The van der Waals surface area contributed by atoms with Crippen molar-refractivity contribution >= 4 is 39.8 Å². The quantitative estimate of drug-likeness (QED) is 0.360. The van der Waals surface area contributed by atoms with Crippen molar-refractivity contribution in [2.75, 3.05) is 16.0 Å². The van der Waals surface area contributed by atoms with E-state index >= 15 is 0 Å². The molecule has 3 aromatic carbocycles. The first-order chi connectivity index (χ1) is 15.8. The average Bonchev–Trinajstić information content (AvgIpc) is 2.79. The van der Waals surface area contributed by atoms with Crippen LogP contribution in [-0.2, 0) is 6.18 Å². The number of benzene rings is 3. The standard InChI is InChI=1S/C23H15F3N6O/c24-23(25,26)15-4-2-6-17(10-15)30-21-19-11-18(7-8-20(19)28-13-29-21)32-22(33)31-16-5-1-3-14(9-16)12-27/h1-11,13H,(H,28,29,30)(H2,31,32,33). The Labute approximate surface area is 185 Å². The molecule has 1 heterocycles. The van der Waals surface area contributed by atoms with Gasteiger partial charge in [0, 0.05) is 22.4 Å². The van der Waals surface area contributed by atoms with Gasteiger partial charge < -0.3 is 16.0 Å². The summed E-state index contributed by atoms with van der Waals surface area (Å²) in [6.07, 6.45) is -3.18. The van der Waals surface area contributed by atoms with Crippen molar-refractivity contribution in [3.63, 3.8) is 0 Å². The first kappa shape index (κ1) is 21.6. The smallest absolute Gasteiger partial charge is 0.340 e. The van der Waals surface area contributed by atoms with E-state index in [9.17, 15) is 18.0 Å². The van der Waals surface area contributed by atoms with Gasteiger partial charge >= 0.3 is 12.2 Å². The van der Waals surface area contributed by atoms with E-state index in [1.165, 1.54) is 24.5 Å². The summed E-state index contributed by atoms with van der Waals surface area (Å²) in [6, 6.07) is 17.6. The second-order valence-corrected chi connectivity index (χ2v) is 6.93. The van der Waals surface area contributed by atoms with Crippen LogP contribution >= 0.6 is 0 Å². The minimum Gasteiger partial charge on any atom is -0.340 e. The molecule has 164 valence electrons. The number of hydrogen-bond donors (Lipinski definition) is 3. The molecule has 0 unspecified atom stereocenters. The lowest BCUT2D eigenvalue weighted by molar-refractivity contribution is -0.137. The zero-order valence-corrected chi connectivity index (χ0v) is 16.8. The second kappa shape index (κ2) is 8.84. The number of fused-ring (bicyclic) bond motifs is 1. The summed E-state index contributed by atoms with van der Waals surface area (Å²) in [6.45, 7) is 0. The molecule has 0 saturated carbocycles. The Hall–Kier alpha value is -4.65. The van der Waals surface area contributed by atoms with Gasteiger partial charge in [0.25, 0.3) is 0 Å². The van der Waals surface area contributed by atoms with Gasteiger partial charge in [-0.05, 0) is 54.6 Å². The highest BCUT2D eigenvalue weighted by Crippen LogP contribution is 2.32. The number of hydrogen-bond acceptors (Lipinski definition) is 5. The number of urea groups is 1. The van der Waals surface area contributed by atoms with Crippen molar-refractivity contribution in [3.8, 4) is 6.07 Å². The van der Waals surface area contributed by atoms with Crippen LogP contribution in [0.3, 0.4) is 0 Å². The molecule has 0 bridgehead atoms. The number of halogens is 3. The molecule has 4 aromatic rings. The number of nitrogens with one attached hydrogen (secondary N) is 3. The number of carbonyl (C=O) groups excluding carboxylic acids is 1.